The maximum Gasteiger partial charge on any atom is 0.324 e. The monoisotopic (exact) mass is 176 g/mol. The van der Waals surface area contributed by atoms with Crippen molar-refractivity contribution in [2.45, 2.75) is 13.0 Å². The van der Waals surface area contributed by atoms with Gasteiger partial charge in [0.05, 0.1) is 0 Å². The number of urea groups is 1. The zero-order chi connectivity index (χ0) is 8.43. The molecular weight excluding hydrogens is 168 g/mol. The number of rotatable bonds is 2. The normalized spacial score (nSPS) is 24.2. The van der Waals surface area contributed by atoms with Gasteiger partial charge < -0.3 is 5.32 Å². The van der Waals surface area contributed by atoms with Crippen molar-refractivity contribution in [1.82, 2.24) is 10.2 Å². The Labute approximate surface area is 69.5 Å². The van der Waals surface area contributed by atoms with E-state index in [1.165, 1.54) is 0 Å². The van der Waals surface area contributed by atoms with E-state index in [1.54, 1.807) is 6.92 Å². The molecule has 1 atom stereocenters. The number of amides is 3. The number of alkyl halides is 1. The van der Waals surface area contributed by atoms with Crippen molar-refractivity contribution in [2.24, 2.45) is 0 Å². The predicted octanol–water partition coefficient (Wildman–Crippen LogP) is 0.166. The molecule has 1 heterocycles. The van der Waals surface area contributed by atoms with Gasteiger partial charge in [0, 0.05) is 12.4 Å². The number of hydrogen-bond donors (Lipinski definition) is 1. The van der Waals surface area contributed by atoms with Gasteiger partial charge in [0.25, 0.3) is 5.91 Å². The molecule has 1 N–H and O–H groups in total. The molecule has 0 aromatic heterocycles. The third-order valence-electron chi connectivity index (χ3n) is 1.53. The zero-order valence-electron chi connectivity index (χ0n) is 6.13. The van der Waals surface area contributed by atoms with Crippen LogP contribution in [-0.4, -0.2) is 35.3 Å². The summed E-state index contributed by atoms with van der Waals surface area (Å²) in [4.78, 5) is 23.1. The SMILES string of the molecule is CC1NC(=O)N(CCCl)C1=O. The summed E-state index contributed by atoms with van der Waals surface area (Å²) in [6.07, 6.45) is 0. The molecule has 1 rings (SSSR count). The van der Waals surface area contributed by atoms with Crippen LogP contribution in [0.3, 0.4) is 0 Å². The van der Waals surface area contributed by atoms with Crippen molar-refractivity contribution >= 4 is 23.5 Å². The van der Waals surface area contributed by atoms with Gasteiger partial charge in [-0.25, -0.2) is 4.79 Å². The van der Waals surface area contributed by atoms with Gasteiger partial charge >= 0.3 is 6.03 Å². The second-order valence-corrected chi connectivity index (χ2v) is 2.73. The number of nitrogens with zero attached hydrogens (tertiary/aromatic N) is 1. The van der Waals surface area contributed by atoms with E-state index in [9.17, 15) is 9.59 Å². The second kappa shape index (κ2) is 3.09. The molecule has 0 aromatic rings. The fourth-order valence-electron chi connectivity index (χ4n) is 0.955. The van der Waals surface area contributed by atoms with Crippen molar-refractivity contribution in [3.63, 3.8) is 0 Å². The minimum Gasteiger partial charge on any atom is -0.326 e. The summed E-state index contributed by atoms with van der Waals surface area (Å²) in [6.45, 7) is 1.94. The molecule has 0 aliphatic carbocycles. The van der Waals surface area contributed by atoms with E-state index < -0.39 is 6.04 Å². The predicted molar refractivity (Wildman–Crippen MR) is 40.4 cm³/mol. The van der Waals surface area contributed by atoms with Crippen LogP contribution >= 0.6 is 11.6 Å². The Kier molecular flexibility index (Phi) is 2.34. The topological polar surface area (TPSA) is 49.4 Å². The van der Waals surface area contributed by atoms with Gasteiger partial charge in [-0.3, -0.25) is 9.69 Å². The molecule has 0 aromatic carbocycles. The van der Waals surface area contributed by atoms with E-state index in [0.29, 0.717) is 0 Å². The quantitative estimate of drug-likeness (QED) is 0.482. The van der Waals surface area contributed by atoms with Crippen LogP contribution in [0.5, 0.6) is 0 Å². The molecule has 0 spiro atoms. The summed E-state index contributed by atoms with van der Waals surface area (Å²) in [5, 5.41) is 2.48. The van der Waals surface area contributed by atoms with E-state index in [2.05, 4.69) is 5.32 Å². The first-order chi connectivity index (χ1) is 5.16. The average Bonchev–Trinajstić information content (AvgIpc) is 2.17. The van der Waals surface area contributed by atoms with Crippen LogP contribution in [0.2, 0.25) is 0 Å². The molecule has 1 fully saturated rings. The van der Waals surface area contributed by atoms with Gasteiger partial charge in [-0.2, -0.15) is 0 Å². The summed E-state index contributed by atoms with van der Waals surface area (Å²) in [7, 11) is 0. The number of imide groups is 1. The van der Waals surface area contributed by atoms with Gasteiger partial charge in [-0.15, -0.1) is 11.6 Å². The van der Waals surface area contributed by atoms with Crippen molar-refractivity contribution in [3.05, 3.63) is 0 Å². The molecule has 0 saturated carbocycles. The number of halogens is 1. The van der Waals surface area contributed by atoms with Crippen molar-refractivity contribution in [3.8, 4) is 0 Å². The van der Waals surface area contributed by atoms with Crippen molar-refractivity contribution in [1.29, 1.82) is 0 Å². The Bertz CT molecular complexity index is 195. The minimum atomic E-state index is -0.397. The van der Waals surface area contributed by atoms with E-state index in [-0.39, 0.29) is 24.4 Å². The summed E-state index contributed by atoms with van der Waals surface area (Å²) < 4.78 is 0. The lowest BCUT2D eigenvalue weighted by molar-refractivity contribution is -0.126. The zero-order valence-corrected chi connectivity index (χ0v) is 6.89. The Morgan fingerprint density at radius 1 is 1.64 bits per heavy atom. The van der Waals surface area contributed by atoms with E-state index >= 15 is 0 Å². The van der Waals surface area contributed by atoms with Gasteiger partial charge in [0.2, 0.25) is 0 Å². The first-order valence-corrected chi connectivity index (χ1v) is 3.88. The molecule has 1 saturated heterocycles. The third kappa shape index (κ3) is 1.45. The van der Waals surface area contributed by atoms with Crippen LogP contribution in [0, 0.1) is 0 Å². The third-order valence-corrected chi connectivity index (χ3v) is 1.70. The fraction of sp³-hybridized carbons (Fsp3) is 0.667. The van der Waals surface area contributed by atoms with Crippen LogP contribution in [0.1, 0.15) is 6.92 Å². The van der Waals surface area contributed by atoms with Gasteiger partial charge in [0.15, 0.2) is 0 Å². The maximum atomic E-state index is 11.1. The van der Waals surface area contributed by atoms with Gasteiger partial charge in [-0.1, -0.05) is 0 Å². The maximum absolute atomic E-state index is 11.1. The highest BCUT2D eigenvalue weighted by atomic mass is 35.5. The minimum absolute atomic E-state index is 0.198. The Hall–Kier alpha value is -0.770. The molecule has 11 heavy (non-hydrogen) atoms. The lowest BCUT2D eigenvalue weighted by Crippen LogP contribution is -2.32. The highest BCUT2D eigenvalue weighted by Crippen LogP contribution is 2.04. The van der Waals surface area contributed by atoms with Crippen molar-refractivity contribution in [2.75, 3.05) is 12.4 Å². The lowest BCUT2D eigenvalue weighted by atomic mass is 10.3. The smallest absolute Gasteiger partial charge is 0.324 e. The number of carbonyl (C=O) groups excluding carboxylic acids is 2. The average molecular weight is 177 g/mol. The molecular formula is C6H9ClN2O2. The largest absolute Gasteiger partial charge is 0.326 e. The molecule has 1 aliphatic heterocycles. The number of hydrogen-bond acceptors (Lipinski definition) is 2. The lowest BCUT2D eigenvalue weighted by Gasteiger charge is -2.08. The molecule has 62 valence electrons. The number of carbonyl (C=O) groups is 2. The van der Waals surface area contributed by atoms with Crippen LogP contribution < -0.4 is 5.32 Å². The molecule has 0 radical (unpaired) electrons. The van der Waals surface area contributed by atoms with E-state index in [0.717, 1.165) is 4.90 Å². The first-order valence-electron chi connectivity index (χ1n) is 3.34. The van der Waals surface area contributed by atoms with Crippen LogP contribution in [0.15, 0.2) is 0 Å². The summed E-state index contributed by atoms with van der Waals surface area (Å²) in [6, 6.07) is -0.742. The molecule has 4 nitrogen and oxygen atoms in total. The standard InChI is InChI=1S/C6H9ClN2O2/c1-4-5(10)9(3-2-7)6(11)8-4/h4H,2-3H2,1H3,(H,8,11). The summed E-state index contributed by atoms with van der Waals surface area (Å²) >= 11 is 5.39. The Morgan fingerprint density at radius 2 is 2.27 bits per heavy atom. The van der Waals surface area contributed by atoms with E-state index in [4.69, 9.17) is 11.6 Å². The molecule has 5 heteroatoms. The molecule has 0 bridgehead atoms. The Balaban J connectivity index is 2.64. The number of nitrogens with one attached hydrogen (secondary N) is 1. The highest BCUT2D eigenvalue weighted by molar-refractivity contribution is 6.18. The van der Waals surface area contributed by atoms with Gasteiger partial charge in [-0.05, 0) is 6.92 Å². The van der Waals surface area contributed by atoms with E-state index in [1.807, 2.05) is 0 Å². The molecule has 1 unspecified atom stereocenters. The van der Waals surface area contributed by atoms with Crippen LogP contribution in [0.25, 0.3) is 0 Å². The van der Waals surface area contributed by atoms with Gasteiger partial charge in [0.1, 0.15) is 6.04 Å². The Morgan fingerprint density at radius 3 is 2.64 bits per heavy atom. The highest BCUT2D eigenvalue weighted by Gasteiger charge is 2.33. The molecule has 3 amide bonds. The van der Waals surface area contributed by atoms with Crippen LogP contribution in [-0.2, 0) is 4.79 Å². The van der Waals surface area contributed by atoms with Crippen molar-refractivity contribution < 1.29 is 9.59 Å². The second-order valence-electron chi connectivity index (χ2n) is 2.35. The summed E-state index contributed by atoms with van der Waals surface area (Å²) in [5.41, 5.74) is 0. The summed E-state index contributed by atoms with van der Waals surface area (Å²) in [5.74, 6) is 0.0851. The van der Waals surface area contributed by atoms with Crippen LogP contribution in [0.4, 0.5) is 4.79 Å². The molecule has 1 aliphatic rings. The fourth-order valence-corrected chi connectivity index (χ4v) is 1.12. The first kappa shape index (κ1) is 8.33.